The molecule has 0 spiro atoms. The van der Waals surface area contributed by atoms with Crippen molar-refractivity contribution in [3.63, 3.8) is 0 Å². The van der Waals surface area contributed by atoms with Crippen LogP contribution in [0.4, 0.5) is 0 Å². The Hall–Kier alpha value is -0.550. The predicted octanol–water partition coefficient (Wildman–Crippen LogP) is 5.15. The maximum Gasteiger partial charge on any atom is 0.115 e. The van der Waals surface area contributed by atoms with Crippen molar-refractivity contribution in [1.82, 2.24) is 10.3 Å². The van der Waals surface area contributed by atoms with Crippen LogP contribution < -0.4 is 5.32 Å². The highest BCUT2D eigenvalue weighted by Gasteiger charge is 2.10. The minimum absolute atomic E-state index is 0.778. The average molecular weight is 372 g/mol. The molecule has 0 fully saturated rings. The highest BCUT2D eigenvalue weighted by atomic mass is 79.9. The maximum absolute atomic E-state index is 6.33. The third kappa shape index (κ3) is 4.22. The van der Waals surface area contributed by atoms with Gasteiger partial charge >= 0.3 is 0 Å². The Labute approximate surface area is 137 Å². The number of halogens is 2. The third-order valence-electron chi connectivity index (χ3n) is 2.74. The first-order valence-corrected chi connectivity index (χ1v) is 8.47. The van der Waals surface area contributed by atoms with E-state index in [1.807, 2.05) is 24.3 Å². The number of nitrogens with one attached hydrogen (secondary N) is 1. The summed E-state index contributed by atoms with van der Waals surface area (Å²) in [6.07, 6.45) is 2.91. The van der Waals surface area contributed by atoms with Crippen LogP contribution in [0.25, 0.3) is 0 Å². The van der Waals surface area contributed by atoms with Gasteiger partial charge in [-0.25, -0.2) is 4.98 Å². The summed E-state index contributed by atoms with van der Waals surface area (Å²) in [6, 6.07) is 9.90. The van der Waals surface area contributed by atoms with E-state index in [0.717, 1.165) is 44.5 Å². The second kappa shape index (κ2) is 8.03. The van der Waals surface area contributed by atoms with Crippen molar-refractivity contribution in [3.05, 3.63) is 51.6 Å². The Bertz CT molecular complexity index is 578. The molecule has 0 aliphatic carbocycles. The molecule has 1 N–H and O–H groups in total. The van der Waals surface area contributed by atoms with Crippen LogP contribution in [0, 0.1) is 0 Å². The van der Waals surface area contributed by atoms with Crippen LogP contribution in [0.15, 0.2) is 50.9 Å². The maximum atomic E-state index is 6.33. The average Bonchev–Trinajstić information content (AvgIpc) is 2.44. The highest BCUT2D eigenvalue weighted by molar-refractivity contribution is 9.10. The summed E-state index contributed by atoms with van der Waals surface area (Å²) in [5.41, 5.74) is 1.13. The molecule has 0 unspecified atom stereocenters. The van der Waals surface area contributed by atoms with E-state index in [1.54, 1.807) is 18.0 Å². The second-order valence-corrected chi connectivity index (χ2v) is 6.58. The second-order valence-electron chi connectivity index (χ2n) is 4.29. The van der Waals surface area contributed by atoms with Crippen LogP contribution in [0.2, 0.25) is 5.02 Å². The fraction of sp³-hybridized carbons (Fsp3) is 0.267. The first-order valence-electron chi connectivity index (χ1n) is 6.49. The van der Waals surface area contributed by atoms with Gasteiger partial charge in [0, 0.05) is 22.7 Å². The lowest BCUT2D eigenvalue weighted by molar-refractivity contribution is 0.669. The minimum Gasteiger partial charge on any atom is -0.313 e. The van der Waals surface area contributed by atoms with Crippen molar-refractivity contribution in [3.8, 4) is 0 Å². The summed E-state index contributed by atoms with van der Waals surface area (Å²) in [4.78, 5) is 5.53. The zero-order valence-corrected chi connectivity index (χ0v) is 14.4. The summed E-state index contributed by atoms with van der Waals surface area (Å²) in [5, 5.41) is 5.15. The zero-order chi connectivity index (χ0) is 14.4. The van der Waals surface area contributed by atoms with Crippen molar-refractivity contribution in [2.75, 3.05) is 6.54 Å². The molecule has 5 heteroatoms. The monoisotopic (exact) mass is 370 g/mol. The normalized spacial score (nSPS) is 10.8. The number of rotatable bonds is 6. The number of benzene rings is 1. The quantitative estimate of drug-likeness (QED) is 0.711. The fourth-order valence-electron chi connectivity index (χ4n) is 1.75. The number of pyridine rings is 1. The Kier molecular flexibility index (Phi) is 6.36. The molecule has 1 aromatic carbocycles. The van der Waals surface area contributed by atoms with Gasteiger partial charge in [0.2, 0.25) is 0 Å². The van der Waals surface area contributed by atoms with Crippen molar-refractivity contribution in [2.24, 2.45) is 0 Å². The molecule has 2 aromatic rings. The molecule has 0 saturated heterocycles. The lowest BCUT2D eigenvalue weighted by atomic mass is 10.2. The number of aromatic nitrogens is 1. The summed E-state index contributed by atoms with van der Waals surface area (Å²) < 4.78 is 0.998. The lowest BCUT2D eigenvalue weighted by Gasteiger charge is -2.12. The van der Waals surface area contributed by atoms with E-state index in [0.29, 0.717) is 0 Å². The van der Waals surface area contributed by atoms with E-state index >= 15 is 0 Å². The van der Waals surface area contributed by atoms with Gasteiger partial charge in [-0.05, 0) is 58.7 Å². The van der Waals surface area contributed by atoms with Gasteiger partial charge in [0.05, 0.1) is 4.47 Å². The topological polar surface area (TPSA) is 24.9 Å². The van der Waals surface area contributed by atoms with Crippen LogP contribution in [0.1, 0.15) is 18.9 Å². The smallest absolute Gasteiger partial charge is 0.115 e. The van der Waals surface area contributed by atoms with Crippen LogP contribution in [-0.4, -0.2) is 11.5 Å². The van der Waals surface area contributed by atoms with Crippen LogP contribution >= 0.6 is 39.3 Å². The van der Waals surface area contributed by atoms with Gasteiger partial charge in [0.1, 0.15) is 5.03 Å². The summed E-state index contributed by atoms with van der Waals surface area (Å²) in [7, 11) is 0. The number of hydrogen-bond donors (Lipinski definition) is 1. The predicted molar refractivity (Wildman–Crippen MR) is 89.5 cm³/mol. The molecular formula is C15H16BrClN2S. The molecular weight excluding hydrogens is 356 g/mol. The van der Waals surface area contributed by atoms with Gasteiger partial charge in [0.15, 0.2) is 0 Å². The Morgan fingerprint density at radius 2 is 2.15 bits per heavy atom. The van der Waals surface area contributed by atoms with Crippen molar-refractivity contribution < 1.29 is 0 Å². The van der Waals surface area contributed by atoms with E-state index in [2.05, 4.69) is 39.2 Å². The largest absolute Gasteiger partial charge is 0.313 e. The van der Waals surface area contributed by atoms with Crippen molar-refractivity contribution >= 4 is 39.3 Å². The zero-order valence-electron chi connectivity index (χ0n) is 11.2. The molecule has 0 amide bonds. The molecule has 0 radical (unpaired) electrons. The Balaban J connectivity index is 2.23. The van der Waals surface area contributed by atoms with Gasteiger partial charge in [-0.1, -0.05) is 36.4 Å². The van der Waals surface area contributed by atoms with E-state index in [1.165, 1.54) is 0 Å². The first kappa shape index (κ1) is 15.8. The summed E-state index contributed by atoms with van der Waals surface area (Å²) in [5.74, 6) is 0. The highest BCUT2D eigenvalue weighted by Crippen LogP contribution is 2.35. The van der Waals surface area contributed by atoms with Crippen LogP contribution in [0.3, 0.4) is 0 Å². The van der Waals surface area contributed by atoms with E-state index in [4.69, 9.17) is 11.6 Å². The minimum atomic E-state index is 0.778. The first-order chi connectivity index (χ1) is 9.72. The Morgan fingerprint density at radius 3 is 2.90 bits per heavy atom. The van der Waals surface area contributed by atoms with Gasteiger partial charge < -0.3 is 5.32 Å². The third-order valence-corrected chi connectivity index (χ3v) is 5.11. The van der Waals surface area contributed by atoms with Gasteiger partial charge in [-0.2, -0.15) is 0 Å². The fourth-order valence-corrected chi connectivity index (χ4v) is 3.48. The summed E-state index contributed by atoms with van der Waals surface area (Å²) in [6.45, 7) is 3.92. The van der Waals surface area contributed by atoms with Crippen LogP contribution in [0.5, 0.6) is 0 Å². The SMILES string of the molecule is CCCNCc1c(Cl)cccc1Sc1ncccc1Br. The molecule has 0 bridgehead atoms. The molecule has 0 saturated carbocycles. The molecule has 20 heavy (non-hydrogen) atoms. The summed E-state index contributed by atoms with van der Waals surface area (Å²) >= 11 is 11.5. The van der Waals surface area contributed by atoms with Gasteiger partial charge in [-0.3, -0.25) is 0 Å². The molecule has 106 valence electrons. The van der Waals surface area contributed by atoms with Crippen LogP contribution in [-0.2, 0) is 6.54 Å². The van der Waals surface area contributed by atoms with Gasteiger partial charge in [-0.15, -0.1) is 0 Å². The lowest BCUT2D eigenvalue weighted by Crippen LogP contribution is -2.14. The van der Waals surface area contributed by atoms with Gasteiger partial charge in [0.25, 0.3) is 0 Å². The molecule has 2 nitrogen and oxygen atoms in total. The molecule has 1 aromatic heterocycles. The van der Waals surface area contributed by atoms with Crippen molar-refractivity contribution in [2.45, 2.75) is 29.8 Å². The van der Waals surface area contributed by atoms with E-state index in [9.17, 15) is 0 Å². The molecule has 0 atom stereocenters. The van der Waals surface area contributed by atoms with Crippen molar-refractivity contribution in [1.29, 1.82) is 0 Å². The molecule has 1 heterocycles. The molecule has 0 aliphatic rings. The standard InChI is InChI=1S/C15H16BrClN2S/c1-2-8-18-10-11-13(17)6-3-7-14(11)20-15-12(16)5-4-9-19-15/h3-7,9,18H,2,8,10H2,1H3. The molecule has 2 rings (SSSR count). The van der Waals surface area contributed by atoms with E-state index < -0.39 is 0 Å². The number of nitrogens with zero attached hydrogens (tertiary/aromatic N) is 1. The van der Waals surface area contributed by atoms with E-state index in [-0.39, 0.29) is 0 Å². The Morgan fingerprint density at radius 1 is 1.30 bits per heavy atom. The number of hydrogen-bond acceptors (Lipinski definition) is 3. The molecule has 0 aliphatic heterocycles.